The van der Waals surface area contributed by atoms with Crippen LogP contribution in [0, 0.1) is 0 Å². The van der Waals surface area contributed by atoms with E-state index < -0.39 is 0 Å². The van der Waals surface area contributed by atoms with E-state index in [0.29, 0.717) is 0 Å². The van der Waals surface area contributed by atoms with Gasteiger partial charge in [-0.15, -0.1) is 0 Å². The van der Waals surface area contributed by atoms with Crippen LogP contribution in [0.2, 0.25) is 0 Å². The van der Waals surface area contributed by atoms with Gasteiger partial charge in [-0.2, -0.15) is 0 Å². The second-order valence-corrected chi connectivity index (χ2v) is 7.64. The third kappa shape index (κ3) is 3.16. The molecule has 4 aromatic rings. The van der Waals surface area contributed by atoms with Crippen molar-refractivity contribution in [2.45, 2.75) is 0 Å². The number of rotatable bonds is 3. The smallest absolute Gasteiger partial charge is 0.0947 e. The molecule has 0 bridgehead atoms. The molecule has 1 aromatic heterocycles. The molecule has 0 unspecified atom stereocenters. The number of anilines is 3. The van der Waals surface area contributed by atoms with E-state index in [4.69, 9.17) is 4.98 Å². The van der Waals surface area contributed by atoms with Crippen molar-refractivity contribution in [2.75, 3.05) is 43.4 Å². The average Bonchev–Trinajstić information content (AvgIpc) is 2.75. The number of nitrogens with one attached hydrogen (secondary N) is 2. The largest absolute Gasteiger partial charge is 0.360 e. The monoisotopic (exact) mass is 369 g/mol. The molecule has 140 valence electrons. The van der Waals surface area contributed by atoms with Crippen LogP contribution < -0.4 is 15.1 Å². The Bertz CT molecular complexity index is 1060. The first-order valence-corrected chi connectivity index (χ1v) is 9.99. The van der Waals surface area contributed by atoms with Crippen molar-refractivity contribution >= 4 is 38.9 Å². The number of hydrogen-bond acceptors (Lipinski definition) is 3. The lowest BCUT2D eigenvalue weighted by Gasteiger charge is -2.31. The highest BCUT2D eigenvalue weighted by Crippen LogP contribution is 2.33. The van der Waals surface area contributed by atoms with Crippen molar-refractivity contribution in [3.05, 3.63) is 72.8 Å². The van der Waals surface area contributed by atoms with Crippen LogP contribution >= 0.6 is 0 Å². The van der Waals surface area contributed by atoms with Gasteiger partial charge in [-0.3, -0.25) is 0 Å². The van der Waals surface area contributed by atoms with Crippen LogP contribution in [0.15, 0.2) is 72.8 Å². The van der Waals surface area contributed by atoms with Crippen molar-refractivity contribution in [3.8, 4) is 0 Å². The summed E-state index contributed by atoms with van der Waals surface area (Å²) in [4.78, 5) is 8.91. The minimum atomic E-state index is 1.01. The summed E-state index contributed by atoms with van der Waals surface area (Å²) >= 11 is 0. The van der Waals surface area contributed by atoms with Gasteiger partial charge in [0, 0.05) is 22.1 Å². The first kappa shape index (κ1) is 17.0. The van der Waals surface area contributed by atoms with Crippen LogP contribution in [-0.2, 0) is 0 Å². The minimum absolute atomic E-state index is 1.01. The second-order valence-electron chi connectivity index (χ2n) is 7.64. The highest BCUT2D eigenvalue weighted by molar-refractivity contribution is 6.08. The van der Waals surface area contributed by atoms with Crippen molar-refractivity contribution in [2.24, 2.45) is 0 Å². The number of fused-ring (bicyclic) bond motifs is 2. The first-order chi connectivity index (χ1) is 13.8. The van der Waals surface area contributed by atoms with Gasteiger partial charge in [0.1, 0.15) is 0 Å². The van der Waals surface area contributed by atoms with E-state index in [0.717, 1.165) is 46.3 Å². The molecule has 0 aliphatic carbocycles. The maximum Gasteiger partial charge on any atom is 0.0947 e. The van der Waals surface area contributed by atoms with Gasteiger partial charge in [-0.25, -0.2) is 4.98 Å². The van der Waals surface area contributed by atoms with Gasteiger partial charge in [0.05, 0.1) is 49.9 Å². The Balaban J connectivity index is 1.49. The van der Waals surface area contributed by atoms with Gasteiger partial charge in [0.2, 0.25) is 0 Å². The number of piperazine rings is 1. The molecule has 1 saturated heterocycles. The Morgan fingerprint density at radius 3 is 1.96 bits per heavy atom. The predicted molar refractivity (Wildman–Crippen MR) is 118 cm³/mol. The Morgan fingerprint density at radius 1 is 0.786 bits per heavy atom. The summed E-state index contributed by atoms with van der Waals surface area (Å²) in [6.07, 6.45) is 0. The van der Waals surface area contributed by atoms with Crippen molar-refractivity contribution in [1.82, 2.24) is 4.98 Å². The third-order valence-corrected chi connectivity index (χ3v) is 5.71. The summed E-state index contributed by atoms with van der Waals surface area (Å²) in [6, 6.07) is 25.5. The summed E-state index contributed by atoms with van der Waals surface area (Å²) in [7, 11) is 2.27. The standard InChI is InChI=1S/C24H24N4/c1-27-14-16-28(17-15-27)19-12-10-18(11-13-19)25-24-20-6-2-4-8-22(20)26-23-9-5-3-7-21(23)24/h2-13H,14-17H2,1H3,(H,25,26)/p+1. The van der Waals surface area contributed by atoms with Crippen LogP contribution in [0.4, 0.5) is 17.1 Å². The number of pyridine rings is 1. The molecule has 0 atom stereocenters. The normalized spacial score (nSPS) is 15.2. The lowest BCUT2D eigenvalue weighted by molar-refractivity contribution is -0.880. The van der Waals surface area contributed by atoms with Crippen LogP contribution in [0.3, 0.4) is 0 Å². The number of para-hydroxylation sites is 2. The maximum absolute atomic E-state index is 4.81. The highest BCUT2D eigenvalue weighted by Gasteiger charge is 2.17. The van der Waals surface area contributed by atoms with Crippen LogP contribution in [-0.4, -0.2) is 38.2 Å². The lowest BCUT2D eigenvalue weighted by atomic mass is 10.1. The van der Waals surface area contributed by atoms with Gasteiger partial charge in [-0.05, 0) is 36.4 Å². The minimum Gasteiger partial charge on any atom is -0.360 e. The van der Waals surface area contributed by atoms with Crippen molar-refractivity contribution in [3.63, 3.8) is 0 Å². The number of likely N-dealkylation sites (N-methyl/N-ethyl adjacent to an activating group) is 1. The quantitative estimate of drug-likeness (QED) is 0.543. The number of hydrogen-bond donors (Lipinski definition) is 2. The Labute approximate surface area is 165 Å². The molecular formula is C24H25N4+. The van der Waals surface area contributed by atoms with Crippen LogP contribution in [0.25, 0.3) is 21.8 Å². The van der Waals surface area contributed by atoms with Gasteiger partial charge in [-0.1, -0.05) is 36.4 Å². The van der Waals surface area contributed by atoms with Crippen LogP contribution in [0.5, 0.6) is 0 Å². The van der Waals surface area contributed by atoms with E-state index >= 15 is 0 Å². The lowest BCUT2D eigenvalue weighted by Crippen LogP contribution is -3.12. The molecule has 2 N–H and O–H groups in total. The second kappa shape index (κ2) is 7.13. The maximum atomic E-state index is 4.81. The predicted octanol–water partition coefficient (Wildman–Crippen LogP) is 3.47. The van der Waals surface area contributed by atoms with E-state index in [2.05, 4.69) is 77.9 Å². The Kier molecular flexibility index (Phi) is 4.34. The summed E-state index contributed by atoms with van der Waals surface area (Å²) in [5.41, 5.74) is 5.56. The van der Waals surface area contributed by atoms with Crippen molar-refractivity contribution < 1.29 is 4.90 Å². The fraction of sp³-hybridized carbons (Fsp3) is 0.208. The molecule has 5 rings (SSSR count). The number of nitrogens with zero attached hydrogens (tertiary/aromatic N) is 2. The fourth-order valence-corrected chi connectivity index (χ4v) is 4.02. The molecule has 0 spiro atoms. The van der Waals surface area contributed by atoms with Gasteiger partial charge in [0.25, 0.3) is 0 Å². The van der Waals surface area contributed by atoms with E-state index in [1.54, 1.807) is 4.90 Å². The molecule has 1 aliphatic rings. The molecule has 1 fully saturated rings. The number of aromatic nitrogens is 1. The summed E-state index contributed by atoms with van der Waals surface area (Å²) in [6.45, 7) is 4.65. The number of quaternary nitrogens is 1. The van der Waals surface area contributed by atoms with Crippen LogP contribution in [0.1, 0.15) is 0 Å². The van der Waals surface area contributed by atoms with Gasteiger partial charge >= 0.3 is 0 Å². The first-order valence-electron chi connectivity index (χ1n) is 9.99. The molecule has 3 aromatic carbocycles. The zero-order chi connectivity index (χ0) is 18.9. The SMILES string of the molecule is C[NH+]1CCN(c2ccc(Nc3c4ccccc4nc4ccccc34)cc2)CC1. The molecule has 1 aliphatic heterocycles. The van der Waals surface area contributed by atoms with Gasteiger partial charge < -0.3 is 15.1 Å². The fourth-order valence-electron chi connectivity index (χ4n) is 4.02. The average molecular weight is 369 g/mol. The zero-order valence-electron chi connectivity index (χ0n) is 16.2. The van der Waals surface area contributed by atoms with E-state index in [9.17, 15) is 0 Å². The Hall–Kier alpha value is -3.11. The summed E-state index contributed by atoms with van der Waals surface area (Å²) in [5.74, 6) is 0. The molecule has 0 amide bonds. The molecule has 4 nitrogen and oxygen atoms in total. The topological polar surface area (TPSA) is 32.6 Å². The zero-order valence-corrected chi connectivity index (χ0v) is 16.2. The molecule has 0 saturated carbocycles. The molecule has 2 heterocycles. The van der Waals surface area contributed by atoms with Crippen molar-refractivity contribution in [1.29, 1.82) is 0 Å². The summed E-state index contributed by atoms with van der Waals surface area (Å²) in [5, 5.41) is 5.96. The van der Waals surface area contributed by atoms with Gasteiger partial charge in [0.15, 0.2) is 0 Å². The summed E-state index contributed by atoms with van der Waals surface area (Å²) < 4.78 is 0. The number of benzene rings is 3. The Morgan fingerprint density at radius 2 is 1.36 bits per heavy atom. The van der Waals surface area contributed by atoms with E-state index in [1.165, 1.54) is 18.8 Å². The molecular weight excluding hydrogens is 344 g/mol. The molecule has 0 radical (unpaired) electrons. The highest BCUT2D eigenvalue weighted by atomic mass is 15.2. The third-order valence-electron chi connectivity index (χ3n) is 5.71. The van der Waals surface area contributed by atoms with E-state index in [1.807, 2.05) is 12.1 Å². The molecule has 4 heteroatoms. The van der Waals surface area contributed by atoms with E-state index in [-0.39, 0.29) is 0 Å². The molecule has 28 heavy (non-hydrogen) atoms.